The molecule has 0 saturated carbocycles. The number of halogens is 1. The summed E-state index contributed by atoms with van der Waals surface area (Å²) in [7, 11) is 0. The van der Waals surface area contributed by atoms with E-state index in [4.69, 9.17) is 11.6 Å². The van der Waals surface area contributed by atoms with Crippen molar-refractivity contribution in [2.45, 2.75) is 18.8 Å². The zero-order chi connectivity index (χ0) is 9.07. The van der Waals surface area contributed by atoms with Crippen molar-refractivity contribution in [3.8, 4) is 0 Å². The highest BCUT2D eigenvalue weighted by Crippen LogP contribution is 2.14. The quantitative estimate of drug-likeness (QED) is 0.212. The highest BCUT2D eigenvalue weighted by Gasteiger charge is 2.35. The van der Waals surface area contributed by atoms with Crippen LogP contribution in [0, 0.1) is 10.1 Å². The number of alkyl halides is 1. The first-order valence-electron chi connectivity index (χ1n) is 2.83. The first kappa shape index (κ1) is 10.2. The lowest BCUT2D eigenvalue weighted by Gasteiger charge is -2.11. The molecule has 0 amide bonds. The molecule has 5 nitrogen and oxygen atoms in total. The molecule has 0 heterocycles. The summed E-state index contributed by atoms with van der Waals surface area (Å²) in [6.07, 6.45) is 0. The summed E-state index contributed by atoms with van der Waals surface area (Å²) < 4.78 is 4.36. The highest BCUT2D eigenvalue weighted by atomic mass is 35.5. The molecule has 0 aromatic carbocycles. The highest BCUT2D eigenvalue weighted by molar-refractivity contribution is 6.22. The Hall–Kier alpha value is -0.840. The standard InChI is InChI=1S/C5H8ClNO4/c1-4(8)11-3-5(2,6)7(9)10/h3H2,1-2H3. The molecule has 6 heteroatoms. The van der Waals surface area contributed by atoms with Gasteiger partial charge in [-0.25, -0.2) is 0 Å². The van der Waals surface area contributed by atoms with Crippen molar-refractivity contribution in [2.75, 3.05) is 6.61 Å². The van der Waals surface area contributed by atoms with Crippen molar-refractivity contribution in [2.24, 2.45) is 0 Å². The van der Waals surface area contributed by atoms with Crippen LogP contribution in [-0.2, 0) is 9.53 Å². The van der Waals surface area contributed by atoms with E-state index < -0.39 is 22.5 Å². The molecule has 0 N–H and O–H groups in total. The molecule has 0 radical (unpaired) electrons. The zero-order valence-corrected chi connectivity index (χ0v) is 6.92. The van der Waals surface area contributed by atoms with Crippen LogP contribution >= 0.6 is 11.6 Å². The smallest absolute Gasteiger partial charge is 0.325 e. The predicted octanol–water partition coefficient (Wildman–Crippen LogP) is 0.781. The molecule has 0 aliphatic carbocycles. The third kappa shape index (κ3) is 3.77. The number of rotatable bonds is 3. The molecule has 0 aliphatic rings. The van der Waals surface area contributed by atoms with Gasteiger partial charge < -0.3 is 4.74 Å². The van der Waals surface area contributed by atoms with Gasteiger partial charge in [-0.1, -0.05) is 0 Å². The van der Waals surface area contributed by atoms with Crippen molar-refractivity contribution in [3.05, 3.63) is 10.1 Å². The molecule has 0 aromatic rings. The van der Waals surface area contributed by atoms with Gasteiger partial charge in [0.25, 0.3) is 0 Å². The number of nitro groups is 1. The van der Waals surface area contributed by atoms with Crippen LogP contribution in [0.4, 0.5) is 0 Å². The van der Waals surface area contributed by atoms with E-state index in [1.165, 1.54) is 0 Å². The third-order valence-electron chi connectivity index (χ3n) is 0.920. The number of carbonyl (C=O) groups is 1. The van der Waals surface area contributed by atoms with Gasteiger partial charge >= 0.3 is 11.0 Å². The average molecular weight is 182 g/mol. The summed E-state index contributed by atoms with van der Waals surface area (Å²) in [4.78, 5) is 17.9. The summed E-state index contributed by atoms with van der Waals surface area (Å²) in [5, 5.41) is 10.1. The van der Waals surface area contributed by atoms with Gasteiger partial charge in [-0.3, -0.25) is 14.9 Å². The number of hydrogen-bond donors (Lipinski definition) is 0. The van der Waals surface area contributed by atoms with Crippen molar-refractivity contribution in [1.29, 1.82) is 0 Å². The molecule has 0 aromatic heterocycles. The van der Waals surface area contributed by atoms with Gasteiger partial charge in [0.05, 0.1) is 0 Å². The second kappa shape index (κ2) is 3.52. The van der Waals surface area contributed by atoms with Crippen LogP contribution in [-0.4, -0.2) is 22.5 Å². The van der Waals surface area contributed by atoms with Crippen LogP contribution in [0.15, 0.2) is 0 Å². The predicted molar refractivity (Wildman–Crippen MR) is 37.9 cm³/mol. The van der Waals surface area contributed by atoms with Crippen LogP contribution in [0.2, 0.25) is 0 Å². The molecule has 0 bridgehead atoms. The van der Waals surface area contributed by atoms with E-state index in [-0.39, 0.29) is 0 Å². The fraction of sp³-hybridized carbons (Fsp3) is 0.800. The van der Waals surface area contributed by atoms with Crippen molar-refractivity contribution in [3.63, 3.8) is 0 Å². The Morgan fingerprint density at radius 2 is 2.27 bits per heavy atom. The Kier molecular flexibility index (Phi) is 3.25. The van der Waals surface area contributed by atoms with Crippen LogP contribution < -0.4 is 0 Å². The molecule has 0 aliphatic heterocycles. The molecular formula is C5H8ClNO4. The lowest BCUT2D eigenvalue weighted by molar-refractivity contribution is -0.540. The molecule has 11 heavy (non-hydrogen) atoms. The minimum absolute atomic E-state index is 0.420. The van der Waals surface area contributed by atoms with Gasteiger partial charge in [-0.2, -0.15) is 0 Å². The summed E-state index contributed by atoms with van der Waals surface area (Å²) in [6.45, 7) is 1.90. The normalized spacial score (nSPS) is 15.2. The van der Waals surface area contributed by atoms with E-state index in [2.05, 4.69) is 4.74 Å². The SMILES string of the molecule is CC(=O)OCC(C)(Cl)[N+](=O)[O-]. The van der Waals surface area contributed by atoms with Crippen LogP contribution in [0.25, 0.3) is 0 Å². The van der Waals surface area contributed by atoms with Gasteiger partial charge in [0.15, 0.2) is 6.61 Å². The van der Waals surface area contributed by atoms with Crippen LogP contribution in [0.1, 0.15) is 13.8 Å². The Balaban J connectivity index is 3.92. The summed E-state index contributed by atoms with van der Waals surface area (Å²) >= 11 is 5.34. The van der Waals surface area contributed by atoms with Gasteiger partial charge in [-0.15, -0.1) is 0 Å². The summed E-state index contributed by atoms with van der Waals surface area (Å²) in [5.41, 5.74) is 0. The average Bonchev–Trinajstić information content (AvgIpc) is 1.84. The minimum atomic E-state index is -1.72. The fourth-order valence-electron chi connectivity index (χ4n) is 0.286. The van der Waals surface area contributed by atoms with Crippen molar-refractivity contribution < 1.29 is 14.5 Å². The third-order valence-corrected chi connectivity index (χ3v) is 1.17. The molecule has 0 fully saturated rings. The Morgan fingerprint density at radius 1 is 1.82 bits per heavy atom. The largest absolute Gasteiger partial charge is 0.457 e. The molecular weight excluding hydrogens is 174 g/mol. The van der Waals surface area contributed by atoms with E-state index >= 15 is 0 Å². The van der Waals surface area contributed by atoms with E-state index in [1.54, 1.807) is 0 Å². The maximum absolute atomic E-state index is 10.2. The minimum Gasteiger partial charge on any atom is -0.457 e. The molecule has 0 saturated heterocycles. The number of ether oxygens (including phenoxy) is 1. The number of hydrogen-bond acceptors (Lipinski definition) is 4. The van der Waals surface area contributed by atoms with Gasteiger partial charge in [0.2, 0.25) is 0 Å². The second-order valence-corrected chi connectivity index (χ2v) is 2.99. The Morgan fingerprint density at radius 3 is 2.55 bits per heavy atom. The number of nitrogens with zero attached hydrogens (tertiary/aromatic N) is 1. The van der Waals surface area contributed by atoms with Gasteiger partial charge in [-0.05, 0) is 11.6 Å². The van der Waals surface area contributed by atoms with E-state index in [1.807, 2.05) is 0 Å². The lowest BCUT2D eigenvalue weighted by atomic mass is 10.4. The molecule has 0 rings (SSSR count). The first-order chi connectivity index (χ1) is 4.86. The van der Waals surface area contributed by atoms with E-state index in [0.717, 1.165) is 13.8 Å². The fourth-order valence-corrected chi connectivity index (χ4v) is 0.341. The molecule has 1 unspecified atom stereocenters. The van der Waals surface area contributed by atoms with Crippen LogP contribution in [0.5, 0.6) is 0 Å². The number of esters is 1. The topological polar surface area (TPSA) is 69.4 Å². The molecule has 1 atom stereocenters. The Labute approximate surface area is 68.4 Å². The lowest BCUT2D eigenvalue weighted by Crippen LogP contribution is -2.34. The summed E-state index contributed by atoms with van der Waals surface area (Å²) in [5.74, 6) is -0.585. The van der Waals surface area contributed by atoms with Crippen molar-refractivity contribution >= 4 is 17.6 Å². The number of carbonyl (C=O) groups excluding carboxylic acids is 1. The summed E-state index contributed by atoms with van der Waals surface area (Å²) in [6, 6.07) is 0. The van der Waals surface area contributed by atoms with E-state index in [9.17, 15) is 14.9 Å². The first-order valence-corrected chi connectivity index (χ1v) is 3.21. The van der Waals surface area contributed by atoms with Gasteiger partial charge in [0.1, 0.15) is 0 Å². The van der Waals surface area contributed by atoms with Crippen molar-refractivity contribution in [1.82, 2.24) is 0 Å². The zero-order valence-electron chi connectivity index (χ0n) is 6.17. The maximum atomic E-state index is 10.2. The van der Waals surface area contributed by atoms with Crippen LogP contribution in [0.3, 0.4) is 0 Å². The monoisotopic (exact) mass is 181 g/mol. The second-order valence-electron chi connectivity index (χ2n) is 2.18. The maximum Gasteiger partial charge on any atom is 0.325 e. The van der Waals surface area contributed by atoms with Gasteiger partial charge in [0, 0.05) is 18.8 Å². The molecule has 64 valence electrons. The van der Waals surface area contributed by atoms with E-state index in [0.29, 0.717) is 0 Å². The Bertz CT molecular complexity index is 179. The molecule has 0 spiro atoms.